The summed E-state index contributed by atoms with van der Waals surface area (Å²) in [5.74, 6) is 0.696. The molecule has 2 N–H and O–H groups in total. The Morgan fingerprint density at radius 3 is 2.96 bits per heavy atom. The number of aromatic amines is 1. The summed E-state index contributed by atoms with van der Waals surface area (Å²) in [5, 5.41) is 0.327. The minimum atomic E-state index is -4.44. The minimum Gasteiger partial charge on any atom is -0.356 e. The van der Waals surface area contributed by atoms with Gasteiger partial charge in [0.05, 0.1) is 11.1 Å². The van der Waals surface area contributed by atoms with E-state index in [-0.39, 0.29) is 0 Å². The van der Waals surface area contributed by atoms with Crippen molar-refractivity contribution in [2.45, 2.75) is 19.0 Å². The molecule has 1 aliphatic heterocycles. The van der Waals surface area contributed by atoms with Gasteiger partial charge in [-0.2, -0.15) is 18.2 Å². The van der Waals surface area contributed by atoms with Gasteiger partial charge in [0, 0.05) is 25.0 Å². The Bertz CT molecular complexity index is 808. The predicted molar refractivity (Wildman–Crippen MR) is 93.8 cm³/mol. The first-order chi connectivity index (χ1) is 11.9. The highest BCUT2D eigenvalue weighted by molar-refractivity contribution is 7.96. The SMILES string of the molecule is CSNCC1CCCN(c2nc(=O)[nH]c3ccc(C(F)(F)F)cc23)C1. The zero-order valence-electron chi connectivity index (χ0n) is 13.7. The summed E-state index contributed by atoms with van der Waals surface area (Å²) < 4.78 is 42.4. The Balaban J connectivity index is 2.00. The topological polar surface area (TPSA) is 61.0 Å². The van der Waals surface area contributed by atoms with Gasteiger partial charge in [-0.1, -0.05) is 11.9 Å². The first kappa shape index (κ1) is 18.1. The van der Waals surface area contributed by atoms with Crippen LogP contribution in [0.15, 0.2) is 23.0 Å². The summed E-state index contributed by atoms with van der Waals surface area (Å²) >= 11 is 1.54. The summed E-state index contributed by atoms with van der Waals surface area (Å²) in [6, 6.07) is 3.34. The molecule has 1 aromatic heterocycles. The van der Waals surface area contributed by atoms with Crippen molar-refractivity contribution in [3.05, 3.63) is 34.2 Å². The van der Waals surface area contributed by atoms with Crippen LogP contribution in [0.4, 0.5) is 19.0 Å². The Kier molecular flexibility index (Phi) is 5.24. The fourth-order valence-electron chi connectivity index (χ4n) is 3.18. The van der Waals surface area contributed by atoms with Gasteiger partial charge in [-0.15, -0.1) is 0 Å². The predicted octanol–water partition coefficient (Wildman–Crippen LogP) is 3.03. The molecule has 0 saturated carbocycles. The second kappa shape index (κ2) is 7.25. The average molecular weight is 372 g/mol. The molecule has 136 valence electrons. The van der Waals surface area contributed by atoms with Crippen molar-refractivity contribution in [2.24, 2.45) is 5.92 Å². The zero-order valence-corrected chi connectivity index (χ0v) is 14.5. The number of rotatable bonds is 4. The summed E-state index contributed by atoms with van der Waals surface area (Å²) in [4.78, 5) is 20.3. The molecule has 0 spiro atoms. The number of alkyl halides is 3. The lowest BCUT2D eigenvalue weighted by Gasteiger charge is -2.34. The molecule has 25 heavy (non-hydrogen) atoms. The standard InChI is InChI=1S/C16H19F3N4OS/c1-25-20-8-10-3-2-6-23(9-10)14-12-7-11(16(17,18)19)4-5-13(12)21-15(24)22-14/h4-5,7,10,20H,2-3,6,8-9H2,1H3,(H,21,22,24). The molecule has 5 nitrogen and oxygen atoms in total. The van der Waals surface area contributed by atoms with E-state index in [0.29, 0.717) is 35.7 Å². The second-order valence-corrected chi connectivity index (χ2v) is 6.83. The summed E-state index contributed by atoms with van der Waals surface area (Å²) in [7, 11) is 0. The molecule has 1 unspecified atom stereocenters. The fraction of sp³-hybridized carbons (Fsp3) is 0.500. The summed E-state index contributed by atoms with van der Waals surface area (Å²) in [6.45, 7) is 2.15. The molecule has 1 aromatic carbocycles. The van der Waals surface area contributed by atoms with Crippen molar-refractivity contribution >= 4 is 28.7 Å². The average Bonchev–Trinajstić information content (AvgIpc) is 2.58. The third kappa shape index (κ3) is 4.09. The Morgan fingerprint density at radius 1 is 1.44 bits per heavy atom. The van der Waals surface area contributed by atoms with Crippen LogP contribution in [0.3, 0.4) is 0 Å². The number of halogens is 3. The number of benzene rings is 1. The Hall–Kier alpha value is -1.74. The molecule has 9 heteroatoms. The molecule has 1 aliphatic rings. The first-order valence-electron chi connectivity index (χ1n) is 8.00. The monoisotopic (exact) mass is 372 g/mol. The van der Waals surface area contributed by atoms with Crippen molar-refractivity contribution in [1.82, 2.24) is 14.7 Å². The molecule has 1 atom stereocenters. The van der Waals surface area contributed by atoms with Crippen LogP contribution in [-0.4, -0.2) is 35.9 Å². The molecule has 0 bridgehead atoms. The van der Waals surface area contributed by atoms with E-state index in [9.17, 15) is 18.0 Å². The van der Waals surface area contributed by atoms with Crippen molar-refractivity contribution < 1.29 is 13.2 Å². The van der Waals surface area contributed by atoms with Crippen LogP contribution in [-0.2, 0) is 6.18 Å². The van der Waals surface area contributed by atoms with Crippen molar-refractivity contribution in [2.75, 3.05) is 30.8 Å². The van der Waals surface area contributed by atoms with Crippen molar-refractivity contribution in [3.8, 4) is 0 Å². The van der Waals surface area contributed by atoms with Gasteiger partial charge in [0.25, 0.3) is 0 Å². The lowest BCUT2D eigenvalue weighted by Crippen LogP contribution is -2.40. The third-order valence-electron chi connectivity index (χ3n) is 4.37. The van der Waals surface area contributed by atoms with Crippen LogP contribution in [0.25, 0.3) is 10.9 Å². The van der Waals surface area contributed by atoms with E-state index in [1.165, 1.54) is 18.0 Å². The van der Waals surface area contributed by atoms with Gasteiger partial charge in [-0.05, 0) is 43.2 Å². The van der Waals surface area contributed by atoms with Crippen LogP contribution >= 0.6 is 11.9 Å². The number of hydrogen-bond donors (Lipinski definition) is 2. The van der Waals surface area contributed by atoms with E-state index in [4.69, 9.17) is 0 Å². The van der Waals surface area contributed by atoms with Crippen molar-refractivity contribution in [3.63, 3.8) is 0 Å². The molecule has 3 rings (SSSR count). The second-order valence-electron chi connectivity index (χ2n) is 6.13. The highest BCUT2D eigenvalue weighted by Crippen LogP contribution is 2.34. The Labute approximate surface area is 147 Å². The molecule has 0 amide bonds. The van der Waals surface area contributed by atoms with Crippen LogP contribution in [0.1, 0.15) is 18.4 Å². The molecular formula is C16H19F3N4OS. The molecular weight excluding hydrogens is 353 g/mol. The molecule has 2 heterocycles. The highest BCUT2D eigenvalue weighted by Gasteiger charge is 2.31. The number of nitrogens with one attached hydrogen (secondary N) is 2. The molecule has 0 aliphatic carbocycles. The number of anilines is 1. The van der Waals surface area contributed by atoms with E-state index in [1.807, 2.05) is 11.2 Å². The highest BCUT2D eigenvalue weighted by atomic mass is 32.2. The largest absolute Gasteiger partial charge is 0.416 e. The van der Waals surface area contributed by atoms with Crippen LogP contribution < -0.4 is 15.3 Å². The maximum absolute atomic E-state index is 13.1. The zero-order chi connectivity index (χ0) is 18.0. The van der Waals surface area contributed by atoms with E-state index < -0.39 is 17.4 Å². The lowest BCUT2D eigenvalue weighted by atomic mass is 9.98. The van der Waals surface area contributed by atoms with Gasteiger partial charge in [0.15, 0.2) is 0 Å². The third-order valence-corrected chi connectivity index (χ3v) is 4.83. The summed E-state index contributed by atoms with van der Waals surface area (Å²) in [5.41, 5.74) is -0.924. The smallest absolute Gasteiger partial charge is 0.356 e. The maximum Gasteiger partial charge on any atom is 0.416 e. The van der Waals surface area contributed by atoms with Crippen LogP contribution in [0, 0.1) is 5.92 Å². The first-order valence-corrected chi connectivity index (χ1v) is 9.23. The van der Waals surface area contributed by atoms with Gasteiger partial charge in [-0.3, -0.25) is 4.72 Å². The van der Waals surface area contributed by atoms with Gasteiger partial charge in [-0.25, -0.2) is 4.79 Å². The van der Waals surface area contributed by atoms with Gasteiger partial charge < -0.3 is 9.88 Å². The van der Waals surface area contributed by atoms with E-state index >= 15 is 0 Å². The molecule has 1 fully saturated rings. The van der Waals surface area contributed by atoms with Crippen LogP contribution in [0.5, 0.6) is 0 Å². The minimum absolute atomic E-state index is 0.327. The quantitative estimate of drug-likeness (QED) is 0.808. The normalized spacial score (nSPS) is 18.7. The molecule has 0 radical (unpaired) electrons. The molecule has 1 saturated heterocycles. The number of H-pyrrole nitrogens is 1. The number of hydrogen-bond acceptors (Lipinski definition) is 5. The van der Waals surface area contributed by atoms with E-state index in [0.717, 1.165) is 31.5 Å². The number of piperidine rings is 1. The van der Waals surface area contributed by atoms with Gasteiger partial charge in [0.1, 0.15) is 5.82 Å². The van der Waals surface area contributed by atoms with Crippen LogP contribution in [0.2, 0.25) is 0 Å². The number of nitrogens with zero attached hydrogens (tertiary/aromatic N) is 2. The number of aromatic nitrogens is 2. The number of fused-ring (bicyclic) bond motifs is 1. The summed E-state index contributed by atoms with van der Waals surface area (Å²) in [6.07, 6.45) is -0.534. The fourth-order valence-corrected chi connectivity index (χ4v) is 3.58. The van der Waals surface area contributed by atoms with Crippen molar-refractivity contribution in [1.29, 1.82) is 0 Å². The van der Waals surface area contributed by atoms with E-state index in [2.05, 4.69) is 14.7 Å². The van der Waals surface area contributed by atoms with Gasteiger partial charge in [0.2, 0.25) is 0 Å². The van der Waals surface area contributed by atoms with E-state index in [1.54, 1.807) is 0 Å². The lowest BCUT2D eigenvalue weighted by molar-refractivity contribution is -0.137. The Morgan fingerprint density at radius 2 is 2.24 bits per heavy atom. The maximum atomic E-state index is 13.1. The van der Waals surface area contributed by atoms with Gasteiger partial charge >= 0.3 is 11.9 Å². The molecule has 2 aromatic rings.